The molecule has 2 N–H and O–H groups in total. The molecule has 4 aromatic rings. The Morgan fingerprint density at radius 2 is 2.05 bits per heavy atom. The van der Waals surface area contributed by atoms with Crippen LogP contribution in [0.2, 0.25) is 0 Å². The summed E-state index contributed by atoms with van der Waals surface area (Å²) in [6.07, 6.45) is 3.61. The Balaban J connectivity index is 1.77. The van der Waals surface area contributed by atoms with Crippen molar-refractivity contribution in [3.8, 4) is 23.0 Å². The molecule has 8 nitrogen and oxygen atoms in total. The molecule has 37 heavy (non-hydrogen) atoms. The number of aliphatic hydroxyl groups is 1. The third kappa shape index (κ3) is 4.53. The molecule has 0 saturated carbocycles. The number of nitrogens with zero attached hydrogens (tertiary/aromatic N) is 4. The topological polar surface area (TPSA) is 109 Å². The number of hydrogen-bond acceptors (Lipinski definition) is 8. The van der Waals surface area contributed by atoms with Crippen LogP contribution in [0.25, 0.3) is 32.9 Å². The molecule has 0 radical (unpaired) electrons. The smallest absolute Gasteiger partial charge is 0.319 e. The molecule has 1 aliphatic rings. The maximum absolute atomic E-state index is 16.2. The normalized spacial score (nSPS) is 17.9. The first-order chi connectivity index (χ1) is 17.7. The van der Waals surface area contributed by atoms with Crippen molar-refractivity contribution in [3.63, 3.8) is 0 Å². The molecule has 2 aromatic heterocycles. The number of benzene rings is 2. The van der Waals surface area contributed by atoms with E-state index in [1.54, 1.807) is 13.8 Å². The van der Waals surface area contributed by atoms with Crippen molar-refractivity contribution in [2.75, 3.05) is 24.6 Å². The molecule has 0 bridgehead atoms. The zero-order valence-corrected chi connectivity index (χ0v) is 20.5. The Morgan fingerprint density at radius 3 is 2.78 bits per heavy atom. The van der Waals surface area contributed by atoms with Crippen molar-refractivity contribution in [2.24, 2.45) is 0 Å². The average molecular weight is 509 g/mol. The lowest BCUT2D eigenvalue weighted by atomic mass is 9.94. The SMILES string of the molecule is CCc1c(F)ccc2cc(O)cc(-c3ncc4c(N5CCC[C@@](C)(O)C5)nc(OCC=O)nc4c3F)c12. The van der Waals surface area contributed by atoms with Gasteiger partial charge in [-0.2, -0.15) is 9.97 Å². The van der Waals surface area contributed by atoms with Crippen LogP contribution in [0.4, 0.5) is 14.6 Å². The Morgan fingerprint density at radius 1 is 1.24 bits per heavy atom. The molecule has 1 fully saturated rings. The van der Waals surface area contributed by atoms with Crippen LogP contribution in [0.5, 0.6) is 11.8 Å². The van der Waals surface area contributed by atoms with Gasteiger partial charge in [0.25, 0.3) is 0 Å². The number of anilines is 1. The highest BCUT2D eigenvalue weighted by atomic mass is 19.1. The zero-order chi connectivity index (χ0) is 26.3. The second-order valence-corrected chi connectivity index (χ2v) is 9.48. The van der Waals surface area contributed by atoms with E-state index in [4.69, 9.17) is 4.74 Å². The van der Waals surface area contributed by atoms with Crippen molar-refractivity contribution in [1.82, 2.24) is 15.0 Å². The van der Waals surface area contributed by atoms with Gasteiger partial charge in [0, 0.05) is 24.8 Å². The van der Waals surface area contributed by atoms with Crippen molar-refractivity contribution < 1.29 is 28.5 Å². The van der Waals surface area contributed by atoms with Gasteiger partial charge in [-0.1, -0.05) is 13.0 Å². The fraction of sp³-hybridized carbons (Fsp3) is 0.333. The molecule has 1 aliphatic heterocycles. The number of piperidine rings is 1. The number of rotatable bonds is 6. The van der Waals surface area contributed by atoms with E-state index >= 15 is 4.39 Å². The summed E-state index contributed by atoms with van der Waals surface area (Å²) in [5.41, 5.74) is -0.589. The van der Waals surface area contributed by atoms with E-state index in [1.165, 1.54) is 30.5 Å². The van der Waals surface area contributed by atoms with Crippen LogP contribution in [-0.4, -0.2) is 56.7 Å². The van der Waals surface area contributed by atoms with Crippen LogP contribution in [0.15, 0.2) is 30.5 Å². The van der Waals surface area contributed by atoms with E-state index in [9.17, 15) is 19.4 Å². The average Bonchev–Trinajstić information content (AvgIpc) is 2.86. The van der Waals surface area contributed by atoms with Gasteiger partial charge in [-0.25, -0.2) is 8.78 Å². The van der Waals surface area contributed by atoms with Crippen LogP contribution in [-0.2, 0) is 11.2 Å². The number of ether oxygens (including phenoxy) is 1. The number of halogens is 2. The van der Waals surface area contributed by atoms with E-state index in [1.807, 2.05) is 4.90 Å². The predicted molar refractivity (Wildman–Crippen MR) is 135 cm³/mol. The largest absolute Gasteiger partial charge is 0.508 e. The van der Waals surface area contributed by atoms with Gasteiger partial charge in [-0.05, 0) is 60.7 Å². The third-order valence-electron chi connectivity index (χ3n) is 6.66. The number of phenols is 1. The highest BCUT2D eigenvalue weighted by Gasteiger charge is 2.31. The van der Waals surface area contributed by atoms with Crippen LogP contribution < -0.4 is 9.64 Å². The summed E-state index contributed by atoms with van der Waals surface area (Å²) in [7, 11) is 0. The molecule has 0 spiro atoms. The van der Waals surface area contributed by atoms with Crippen molar-refractivity contribution in [1.29, 1.82) is 0 Å². The van der Waals surface area contributed by atoms with Crippen LogP contribution >= 0.6 is 0 Å². The molecular weight excluding hydrogens is 482 g/mol. The van der Waals surface area contributed by atoms with Crippen molar-refractivity contribution in [3.05, 3.63) is 47.7 Å². The van der Waals surface area contributed by atoms with Gasteiger partial charge in [0.05, 0.1) is 11.0 Å². The summed E-state index contributed by atoms with van der Waals surface area (Å²) in [6.45, 7) is 4.02. The monoisotopic (exact) mass is 508 g/mol. The Labute approximate surface area is 211 Å². The van der Waals surface area contributed by atoms with Crippen LogP contribution in [0.3, 0.4) is 0 Å². The summed E-state index contributed by atoms with van der Waals surface area (Å²) < 4.78 is 36.3. The summed E-state index contributed by atoms with van der Waals surface area (Å²) in [6, 6.07) is 5.49. The minimum Gasteiger partial charge on any atom is -0.508 e. The van der Waals surface area contributed by atoms with Crippen LogP contribution in [0, 0.1) is 11.6 Å². The number of pyridine rings is 1. The number of hydrogen-bond donors (Lipinski definition) is 2. The van der Waals surface area contributed by atoms with E-state index in [0.29, 0.717) is 59.6 Å². The van der Waals surface area contributed by atoms with Gasteiger partial charge in [0.1, 0.15) is 35.2 Å². The molecule has 192 valence electrons. The maximum Gasteiger partial charge on any atom is 0.319 e. The number of aryl methyl sites for hydroxylation is 1. The van der Waals surface area contributed by atoms with Gasteiger partial charge in [0.15, 0.2) is 12.1 Å². The van der Waals surface area contributed by atoms with E-state index in [2.05, 4.69) is 15.0 Å². The van der Waals surface area contributed by atoms with Gasteiger partial charge in [-0.3, -0.25) is 9.78 Å². The lowest BCUT2D eigenvalue weighted by molar-refractivity contribution is -0.109. The second kappa shape index (κ2) is 9.51. The zero-order valence-electron chi connectivity index (χ0n) is 20.5. The molecule has 0 unspecified atom stereocenters. The summed E-state index contributed by atoms with van der Waals surface area (Å²) >= 11 is 0. The Kier molecular flexibility index (Phi) is 6.36. The summed E-state index contributed by atoms with van der Waals surface area (Å²) in [5, 5.41) is 22.3. The number of fused-ring (bicyclic) bond motifs is 2. The van der Waals surface area contributed by atoms with Crippen molar-refractivity contribution >= 4 is 33.8 Å². The highest BCUT2D eigenvalue weighted by Crippen LogP contribution is 2.39. The molecule has 2 aromatic carbocycles. The summed E-state index contributed by atoms with van der Waals surface area (Å²) in [4.78, 5) is 25.7. The lowest BCUT2D eigenvalue weighted by Crippen LogP contribution is -2.46. The number of β-amino-alcohol motifs (C(OH)–C–C–N with tert-alkyl or cyclic N) is 1. The Bertz CT molecular complexity index is 1530. The maximum atomic E-state index is 16.2. The molecule has 10 heteroatoms. The second-order valence-electron chi connectivity index (χ2n) is 9.48. The fourth-order valence-electron chi connectivity index (χ4n) is 5.06. The number of phenolic OH excluding ortho intramolecular Hbond substituents is 1. The first kappa shape index (κ1) is 24.8. The number of aromatic nitrogens is 3. The predicted octanol–water partition coefficient (Wildman–Crippen LogP) is 4.32. The molecule has 3 heterocycles. The quantitative estimate of drug-likeness (QED) is 0.371. The first-order valence-electron chi connectivity index (χ1n) is 12.1. The fourth-order valence-corrected chi connectivity index (χ4v) is 5.06. The summed E-state index contributed by atoms with van der Waals surface area (Å²) in [5.74, 6) is -1.04. The third-order valence-corrected chi connectivity index (χ3v) is 6.66. The van der Waals surface area contributed by atoms with Gasteiger partial charge >= 0.3 is 6.01 Å². The molecule has 0 aliphatic carbocycles. The van der Waals surface area contributed by atoms with Crippen molar-refractivity contribution in [2.45, 2.75) is 38.7 Å². The van der Waals surface area contributed by atoms with Gasteiger partial charge in [0.2, 0.25) is 0 Å². The highest BCUT2D eigenvalue weighted by molar-refractivity contribution is 6.01. The molecular formula is C27H26F2N4O4. The lowest BCUT2D eigenvalue weighted by Gasteiger charge is -2.37. The molecule has 5 rings (SSSR count). The Hall–Kier alpha value is -3.92. The molecule has 0 amide bonds. The number of aldehydes is 1. The number of carbonyl (C=O) groups is 1. The minimum atomic E-state index is -0.966. The number of aromatic hydroxyl groups is 1. The number of carbonyl (C=O) groups excluding carboxylic acids is 1. The van der Waals surface area contributed by atoms with Crippen LogP contribution in [0.1, 0.15) is 32.3 Å². The molecule has 1 atom stereocenters. The van der Waals surface area contributed by atoms with Gasteiger partial charge in [-0.15, -0.1) is 0 Å². The standard InChI is InChI=1S/C27H26F2N4O4/c1-3-17-20(28)6-5-15-11-16(35)12-18(21(15)17)23-22(29)24-19(13-30-23)25(32-26(31-24)37-10-9-34)33-8-4-7-27(2,36)14-33/h5-6,9,11-13,35-36H,3-4,7-8,10,14H2,1-2H3/t27-/m1/s1. The van der Waals surface area contributed by atoms with E-state index < -0.39 is 17.2 Å². The van der Waals surface area contributed by atoms with E-state index in [0.717, 1.165) is 0 Å². The van der Waals surface area contributed by atoms with Gasteiger partial charge < -0.3 is 19.8 Å². The first-order valence-corrected chi connectivity index (χ1v) is 12.1. The van der Waals surface area contributed by atoms with E-state index in [-0.39, 0.29) is 41.7 Å². The minimum absolute atomic E-state index is 0.105. The molecule has 1 saturated heterocycles.